The number of thioether (sulfide) groups is 1. The number of hydrogen-bond donors (Lipinski definition) is 1. The predicted octanol–water partition coefficient (Wildman–Crippen LogP) is 1.92. The summed E-state index contributed by atoms with van der Waals surface area (Å²) in [4.78, 5) is 4.42. The first-order valence-electron chi connectivity index (χ1n) is 5.54. The first-order chi connectivity index (χ1) is 7.40. The molecule has 1 atom stereocenters. The summed E-state index contributed by atoms with van der Waals surface area (Å²) < 4.78 is 5.21. The molecule has 0 radical (unpaired) electrons. The van der Waals surface area contributed by atoms with Crippen LogP contribution in [0.1, 0.15) is 42.6 Å². The summed E-state index contributed by atoms with van der Waals surface area (Å²) in [6.45, 7) is 0.736. The lowest BCUT2D eigenvalue weighted by atomic mass is 10.2. The van der Waals surface area contributed by atoms with Gasteiger partial charge in [0.1, 0.15) is 0 Å². The number of hydrogen-bond acceptors (Lipinski definition) is 5. The summed E-state index contributed by atoms with van der Waals surface area (Å²) in [6.07, 6.45) is 5.38. The van der Waals surface area contributed by atoms with E-state index in [1.165, 1.54) is 18.6 Å². The van der Waals surface area contributed by atoms with E-state index in [0.29, 0.717) is 5.25 Å². The number of rotatable bonds is 5. The van der Waals surface area contributed by atoms with Crippen molar-refractivity contribution in [1.29, 1.82) is 0 Å². The van der Waals surface area contributed by atoms with Crippen LogP contribution in [-0.2, 0) is 6.42 Å². The molecule has 1 aromatic rings. The van der Waals surface area contributed by atoms with Gasteiger partial charge in [0, 0.05) is 6.42 Å². The Morgan fingerprint density at radius 2 is 2.40 bits per heavy atom. The molecule has 2 N–H and O–H groups in total. The monoisotopic (exact) mass is 227 g/mol. The minimum Gasteiger partial charge on any atom is -0.339 e. The quantitative estimate of drug-likeness (QED) is 0.778. The van der Waals surface area contributed by atoms with Gasteiger partial charge in [-0.25, -0.2) is 0 Å². The van der Waals surface area contributed by atoms with Crippen LogP contribution < -0.4 is 5.73 Å². The molecule has 1 saturated heterocycles. The van der Waals surface area contributed by atoms with Crippen LogP contribution in [0.15, 0.2) is 4.52 Å². The second kappa shape index (κ2) is 5.51. The molecule has 0 aromatic carbocycles. The zero-order valence-corrected chi connectivity index (χ0v) is 9.63. The maximum atomic E-state index is 5.43. The zero-order valence-electron chi connectivity index (χ0n) is 8.82. The molecular weight excluding hydrogens is 210 g/mol. The van der Waals surface area contributed by atoms with E-state index < -0.39 is 0 Å². The largest absolute Gasteiger partial charge is 0.339 e. The maximum absolute atomic E-state index is 5.43. The molecule has 1 aliphatic heterocycles. The van der Waals surface area contributed by atoms with Crippen LogP contribution in [-0.4, -0.2) is 22.4 Å². The van der Waals surface area contributed by atoms with E-state index in [-0.39, 0.29) is 0 Å². The highest BCUT2D eigenvalue weighted by molar-refractivity contribution is 7.99. The van der Waals surface area contributed by atoms with Crippen LogP contribution >= 0.6 is 11.8 Å². The summed E-state index contributed by atoms with van der Waals surface area (Å²) in [5.74, 6) is 2.88. The molecule has 1 fully saturated rings. The van der Waals surface area contributed by atoms with E-state index in [1.807, 2.05) is 11.8 Å². The average Bonchev–Trinajstić information content (AvgIpc) is 2.87. The number of unbranched alkanes of at least 4 members (excludes halogenated alkanes) is 1. The van der Waals surface area contributed by atoms with Gasteiger partial charge in [-0.1, -0.05) is 5.16 Å². The fourth-order valence-corrected chi connectivity index (χ4v) is 2.90. The third-order valence-corrected chi connectivity index (χ3v) is 3.92. The van der Waals surface area contributed by atoms with Gasteiger partial charge in [-0.05, 0) is 38.0 Å². The van der Waals surface area contributed by atoms with Crippen LogP contribution in [0.25, 0.3) is 0 Å². The molecule has 4 nitrogen and oxygen atoms in total. The van der Waals surface area contributed by atoms with E-state index in [9.17, 15) is 0 Å². The lowest BCUT2D eigenvalue weighted by Crippen LogP contribution is -1.99. The fraction of sp³-hybridized carbons (Fsp3) is 0.800. The van der Waals surface area contributed by atoms with Crippen molar-refractivity contribution >= 4 is 11.8 Å². The fourth-order valence-electron chi connectivity index (χ4n) is 1.70. The van der Waals surface area contributed by atoms with Crippen molar-refractivity contribution in [1.82, 2.24) is 10.1 Å². The number of aryl methyl sites for hydroxylation is 1. The molecule has 5 heteroatoms. The summed E-state index contributed by atoms with van der Waals surface area (Å²) in [5.41, 5.74) is 5.43. The molecule has 0 bridgehead atoms. The van der Waals surface area contributed by atoms with Gasteiger partial charge in [0.25, 0.3) is 0 Å². The minimum absolute atomic E-state index is 0.469. The molecular formula is C10H17N3OS. The van der Waals surface area contributed by atoms with Crippen LogP contribution in [0.5, 0.6) is 0 Å². The molecule has 0 saturated carbocycles. The highest BCUT2D eigenvalue weighted by Gasteiger charge is 2.22. The summed E-state index contributed by atoms with van der Waals surface area (Å²) in [5, 5.41) is 4.51. The van der Waals surface area contributed by atoms with E-state index in [4.69, 9.17) is 10.3 Å². The predicted molar refractivity (Wildman–Crippen MR) is 60.7 cm³/mol. The van der Waals surface area contributed by atoms with Crippen molar-refractivity contribution in [3.63, 3.8) is 0 Å². The molecule has 1 unspecified atom stereocenters. The van der Waals surface area contributed by atoms with E-state index in [1.54, 1.807) is 0 Å². The Kier molecular flexibility index (Phi) is 4.02. The topological polar surface area (TPSA) is 64.9 Å². The van der Waals surface area contributed by atoms with Crippen molar-refractivity contribution in [2.45, 2.75) is 37.4 Å². The first-order valence-corrected chi connectivity index (χ1v) is 6.59. The van der Waals surface area contributed by atoms with Gasteiger partial charge < -0.3 is 10.3 Å². The van der Waals surface area contributed by atoms with E-state index >= 15 is 0 Å². The van der Waals surface area contributed by atoms with Crippen LogP contribution in [0.2, 0.25) is 0 Å². The Balaban J connectivity index is 1.86. The van der Waals surface area contributed by atoms with Gasteiger partial charge in [0.2, 0.25) is 5.89 Å². The standard InChI is InChI=1S/C10H17N3OS/c11-6-2-1-5-9-12-10(13-14-9)8-4-3-7-15-8/h8H,1-7,11H2. The van der Waals surface area contributed by atoms with Crippen molar-refractivity contribution < 1.29 is 4.52 Å². The Morgan fingerprint density at radius 1 is 1.47 bits per heavy atom. The molecule has 0 spiro atoms. The number of aromatic nitrogens is 2. The maximum Gasteiger partial charge on any atom is 0.226 e. The molecule has 84 valence electrons. The molecule has 1 aliphatic rings. The van der Waals surface area contributed by atoms with Gasteiger partial charge in [0.05, 0.1) is 5.25 Å². The zero-order chi connectivity index (χ0) is 10.5. The minimum atomic E-state index is 0.469. The summed E-state index contributed by atoms with van der Waals surface area (Å²) >= 11 is 1.93. The van der Waals surface area contributed by atoms with Crippen molar-refractivity contribution in [3.05, 3.63) is 11.7 Å². The SMILES string of the molecule is NCCCCc1nc(C2CCCS2)no1. The molecule has 0 aliphatic carbocycles. The Hall–Kier alpha value is -0.550. The molecule has 2 rings (SSSR count). The smallest absolute Gasteiger partial charge is 0.226 e. The molecule has 0 amide bonds. The van der Waals surface area contributed by atoms with Crippen molar-refractivity contribution in [2.75, 3.05) is 12.3 Å². The number of nitrogens with two attached hydrogens (primary N) is 1. The Bertz CT molecular complexity index is 297. The van der Waals surface area contributed by atoms with Crippen molar-refractivity contribution in [3.8, 4) is 0 Å². The molecule has 15 heavy (non-hydrogen) atoms. The normalized spacial score (nSPS) is 21.0. The van der Waals surface area contributed by atoms with Crippen LogP contribution in [0.3, 0.4) is 0 Å². The highest BCUT2D eigenvalue weighted by Crippen LogP contribution is 2.38. The van der Waals surface area contributed by atoms with Gasteiger partial charge >= 0.3 is 0 Å². The highest BCUT2D eigenvalue weighted by atomic mass is 32.2. The average molecular weight is 227 g/mol. The van der Waals surface area contributed by atoms with Gasteiger partial charge in [0.15, 0.2) is 5.82 Å². The second-order valence-electron chi connectivity index (χ2n) is 3.79. The second-order valence-corrected chi connectivity index (χ2v) is 5.10. The van der Waals surface area contributed by atoms with E-state index in [0.717, 1.165) is 37.5 Å². The van der Waals surface area contributed by atoms with Gasteiger partial charge in [-0.15, -0.1) is 0 Å². The van der Waals surface area contributed by atoms with Crippen molar-refractivity contribution in [2.24, 2.45) is 5.73 Å². The van der Waals surface area contributed by atoms with Gasteiger partial charge in [-0.2, -0.15) is 16.7 Å². The lowest BCUT2D eigenvalue weighted by molar-refractivity contribution is 0.369. The number of nitrogens with zero attached hydrogens (tertiary/aromatic N) is 2. The van der Waals surface area contributed by atoms with Crippen LogP contribution in [0.4, 0.5) is 0 Å². The third kappa shape index (κ3) is 2.95. The summed E-state index contributed by atoms with van der Waals surface area (Å²) in [7, 11) is 0. The Labute approximate surface area is 94.0 Å². The summed E-state index contributed by atoms with van der Waals surface area (Å²) in [6, 6.07) is 0. The van der Waals surface area contributed by atoms with E-state index in [2.05, 4.69) is 10.1 Å². The lowest BCUT2D eigenvalue weighted by Gasteiger charge is -1.98. The molecule has 1 aromatic heterocycles. The first kappa shape index (κ1) is 11.0. The van der Waals surface area contributed by atoms with Crippen LogP contribution in [0, 0.1) is 0 Å². The third-order valence-electron chi connectivity index (χ3n) is 2.55. The van der Waals surface area contributed by atoms with Gasteiger partial charge in [-0.3, -0.25) is 0 Å². The Morgan fingerprint density at radius 3 is 3.13 bits per heavy atom. The molecule has 2 heterocycles.